The lowest BCUT2D eigenvalue weighted by atomic mass is 10.0. The Morgan fingerprint density at radius 3 is 2.53 bits per heavy atom. The standard InChI is InChI=1S/C24H28N4O2/c1-17(2)24-25-12-13-28(24)16-19-8-7-11-21(14-19)27-23(30)15-22(26-18(3)29)20-9-5-4-6-10-20/h4-14,17,22H,15-16H2,1-3H3,(H,26,29)(H,27,30). The van der Waals surface area contributed by atoms with Crippen molar-refractivity contribution >= 4 is 17.5 Å². The van der Waals surface area contributed by atoms with Gasteiger partial charge in [-0.1, -0.05) is 56.3 Å². The minimum Gasteiger partial charge on any atom is -0.349 e. The van der Waals surface area contributed by atoms with Crippen LogP contribution in [0.5, 0.6) is 0 Å². The quantitative estimate of drug-likeness (QED) is 0.589. The molecule has 156 valence electrons. The molecule has 6 nitrogen and oxygen atoms in total. The van der Waals surface area contributed by atoms with Gasteiger partial charge in [-0.2, -0.15) is 0 Å². The van der Waals surface area contributed by atoms with Crippen molar-refractivity contribution in [2.75, 3.05) is 5.32 Å². The fourth-order valence-corrected chi connectivity index (χ4v) is 3.48. The molecule has 30 heavy (non-hydrogen) atoms. The van der Waals surface area contributed by atoms with Gasteiger partial charge in [0.05, 0.1) is 12.5 Å². The molecular weight excluding hydrogens is 376 g/mol. The molecule has 1 unspecified atom stereocenters. The molecule has 2 amide bonds. The van der Waals surface area contributed by atoms with E-state index in [0.29, 0.717) is 12.5 Å². The number of hydrogen-bond donors (Lipinski definition) is 2. The molecule has 2 aromatic carbocycles. The van der Waals surface area contributed by atoms with Gasteiger partial charge >= 0.3 is 0 Å². The predicted molar refractivity (Wildman–Crippen MR) is 118 cm³/mol. The highest BCUT2D eigenvalue weighted by molar-refractivity contribution is 5.91. The number of imidazole rings is 1. The van der Waals surface area contributed by atoms with Gasteiger partial charge in [-0.25, -0.2) is 4.98 Å². The molecule has 1 aromatic heterocycles. The lowest BCUT2D eigenvalue weighted by Gasteiger charge is -2.18. The van der Waals surface area contributed by atoms with Gasteiger partial charge in [0, 0.05) is 37.5 Å². The molecule has 0 saturated carbocycles. The van der Waals surface area contributed by atoms with E-state index in [2.05, 4.69) is 34.0 Å². The van der Waals surface area contributed by atoms with E-state index in [9.17, 15) is 9.59 Å². The zero-order valence-corrected chi connectivity index (χ0v) is 17.6. The van der Waals surface area contributed by atoms with Gasteiger partial charge in [-0.05, 0) is 23.3 Å². The normalized spacial score (nSPS) is 11.9. The van der Waals surface area contributed by atoms with Crippen LogP contribution in [-0.2, 0) is 16.1 Å². The van der Waals surface area contributed by atoms with Gasteiger partial charge in [0.15, 0.2) is 0 Å². The van der Waals surface area contributed by atoms with Crippen LogP contribution in [0, 0.1) is 0 Å². The Morgan fingerprint density at radius 1 is 1.07 bits per heavy atom. The Hall–Kier alpha value is -3.41. The van der Waals surface area contributed by atoms with Crippen LogP contribution in [0.4, 0.5) is 5.69 Å². The first-order valence-corrected chi connectivity index (χ1v) is 10.1. The summed E-state index contributed by atoms with van der Waals surface area (Å²) in [5.74, 6) is 1.05. The highest BCUT2D eigenvalue weighted by Crippen LogP contribution is 2.19. The summed E-state index contributed by atoms with van der Waals surface area (Å²) in [5.41, 5.74) is 2.71. The number of carbonyl (C=O) groups excluding carboxylic acids is 2. The van der Waals surface area contributed by atoms with Crippen molar-refractivity contribution in [2.24, 2.45) is 0 Å². The number of hydrogen-bond acceptors (Lipinski definition) is 3. The van der Waals surface area contributed by atoms with Crippen molar-refractivity contribution in [1.29, 1.82) is 0 Å². The van der Waals surface area contributed by atoms with E-state index in [1.807, 2.05) is 67.0 Å². The van der Waals surface area contributed by atoms with E-state index in [0.717, 1.165) is 22.6 Å². The van der Waals surface area contributed by atoms with Crippen LogP contribution in [0.15, 0.2) is 67.0 Å². The number of nitrogens with one attached hydrogen (secondary N) is 2. The fraction of sp³-hybridized carbons (Fsp3) is 0.292. The van der Waals surface area contributed by atoms with Gasteiger partial charge in [0.1, 0.15) is 5.82 Å². The van der Waals surface area contributed by atoms with Gasteiger partial charge < -0.3 is 15.2 Å². The van der Waals surface area contributed by atoms with E-state index in [1.165, 1.54) is 6.92 Å². The smallest absolute Gasteiger partial charge is 0.226 e. The predicted octanol–water partition coefficient (Wildman–Crippen LogP) is 4.26. The number of carbonyl (C=O) groups is 2. The minimum atomic E-state index is -0.369. The van der Waals surface area contributed by atoms with Gasteiger partial charge in [0.25, 0.3) is 0 Å². The largest absolute Gasteiger partial charge is 0.349 e. The van der Waals surface area contributed by atoms with E-state index in [1.54, 1.807) is 0 Å². The Kier molecular flexibility index (Phi) is 7.01. The summed E-state index contributed by atoms with van der Waals surface area (Å²) in [6.45, 7) is 6.38. The number of anilines is 1. The van der Waals surface area contributed by atoms with Crippen molar-refractivity contribution in [3.8, 4) is 0 Å². The SMILES string of the molecule is CC(=O)NC(CC(=O)Nc1cccc(Cn2ccnc2C(C)C)c1)c1ccccc1. The molecule has 3 rings (SSSR count). The lowest BCUT2D eigenvalue weighted by molar-refractivity contribution is -0.120. The van der Waals surface area contributed by atoms with E-state index in [4.69, 9.17) is 0 Å². The van der Waals surface area contributed by atoms with Crippen LogP contribution in [0.1, 0.15) is 56.1 Å². The second-order valence-electron chi connectivity index (χ2n) is 7.68. The molecule has 0 saturated heterocycles. The summed E-state index contributed by atoms with van der Waals surface area (Å²) < 4.78 is 2.12. The number of nitrogens with zero attached hydrogens (tertiary/aromatic N) is 2. The molecule has 0 radical (unpaired) electrons. The molecule has 0 aliphatic heterocycles. The van der Waals surface area contributed by atoms with Crippen LogP contribution < -0.4 is 10.6 Å². The summed E-state index contributed by atoms with van der Waals surface area (Å²) in [6.07, 6.45) is 3.94. The molecule has 3 aromatic rings. The highest BCUT2D eigenvalue weighted by Gasteiger charge is 2.17. The number of aromatic nitrogens is 2. The average Bonchev–Trinajstić information content (AvgIpc) is 3.16. The molecular formula is C24H28N4O2. The monoisotopic (exact) mass is 404 g/mol. The third kappa shape index (κ3) is 5.80. The van der Waals surface area contributed by atoms with E-state index in [-0.39, 0.29) is 24.3 Å². The first-order valence-electron chi connectivity index (χ1n) is 10.1. The van der Waals surface area contributed by atoms with Crippen molar-refractivity contribution in [2.45, 2.75) is 45.7 Å². The van der Waals surface area contributed by atoms with Crippen molar-refractivity contribution in [1.82, 2.24) is 14.9 Å². The number of amides is 2. The summed E-state index contributed by atoms with van der Waals surface area (Å²) in [4.78, 5) is 28.7. The maximum absolute atomic E-state index is 12.7. The van der Waals surface area contributed by atoms with Crippen LogP contribution >= 0.6 is 0 Å². The summed E-state index contributed by atoms with van der Waals surface area (Å²) >= 11 is 0. The Labute approximate surface area is 177 Å². The third-order valence-electron chi connectivity index (χ3n) is 4.80. The molecule has 0 aliphatic rings. The second-order valence-corrected chi connectivity index (χ2v) is 7.68. The number of benzene rings is 2. The van der Waals surface area contributed by atoms with Crippen LogP contribution in [0.2, 0.25) is 0 Å². The molecule has 0 bridgehead atoms. The molecule has 2 N–H and O–H groups in total. The van der Waals surface area contributed by atoms with Gasteiger partial charge in [-0.3, -0.25) is 9.59 Å². The second kappa shape index (κ2) is 9.87. The third-order valence-corrected chi connectivity index (χ3v) is 4.80. The van der Waals surface area contributed by atoms with Crippen LogP contribution in [0.25, 0.3) is 0 Å². The van der Waals surface area contributed by atoms with Gasteiger partial charge in [0.2, 0.25) is 11.8 Å². The summed E-state index contributed by atoms with van der Waals surface area (Å²) in [7, 11) is 0. The first kappa shape index (κ1) is 21.3. The molecule has 1 atom stereocenters. The molecule has 6 heteroatoms. The highest BCUT2D eigenvalue weighted by atomic mass is 16.2. The molecule has 0 spiro atoms. The zero-order chi connectivity index (χ0) is 21.5. The molecule has 0 aliphatic carbocycles. The topological polar surface area (TPSA) is 76.0 Å². The minimum absolute atomic E-state index is 0.153. The molecule has 0 fully saturated rings. The fourth-order valence-electron chi connectivity index (χ4n) is 3.48. The molecule has 1 heterocycles. The summed E-state index contributed by atoms with van der Waals surface area (Å²) in [5, 5.41) is 5.82. The van der Waals surface area contributed by atoms with Gasteiger partial charge in [-0.15, -0.1) is 0 Å². The van der Waals surface area contributed by atoms with Crippen LogP contribution in [0.3, 0.4) is 0 Å². The van der Waals surface area contributed by atoms with Crippen molar-refractivity contribution in [3.05, 3.63) is 83.9 Å². The average molecular weight is 405 g/mol. The Bertz CT molecular complexity index is 995. The maximum atomic E-state index is 12.7. The zero-order valence-electron chi connectivity index (χ0n) is 17.6. The summed E-state index contributed by atoms with van der Waals surface area (Å²) in [6, 6.07) is 16.9. The lowest BCUT2D eigenvalue weighted by Crippen LogP contribution is -2.29. The Balaban J connectivity index is 1.68. The van der Waals surface area contributed by atoms with E-state index >= 15 is 0 Å². The van der Waals surface area contributed by atoms with Crippen molar-refractivity contribution < 1.29 is 9.59 Å². The van der Waals surface area contributed by atoms with E-state index < -0.39 is 0 Å². The van der Waals surface area contributed by atoms with Crippen LogP contribution in [-0.4, -0.2) is 21.4 Å². The van der Waals surface area contributed by atoms with Crippen molar-refractivity contribution in [3.63, 3.8) is 0 Å². The Morgan fingerprint density at radius 2 is 1.83 bits per heavy atom. The first-order chi connectivity index (χ1) is 14.4. The number of rotatable bonds is 8. The maximum Gasteiger partial charge on any atom is 0.226 e.